The van der Waals surface area contributed by atoms with Crippen LogP contribution in [-0.4, -0.2) is 27.6 Å². The van der Waals surface area contributed by atoms with Gasteiger partial charge in [-0.3, -0.25) is 14.8 Å². The fourth-order valence-electron chi connectivity index (χ4n) is 1.93. The molecule has 0 spiro atoms. The Morgan fingerprint density at radius 2 is 1.91 bits per heavy atom. The molecule has 22 heavy (non-hydrogen) atoms. The molecule has 0 fully saturated rings. The lowest BCUT2D eigenvalue weighted by Gasteiger charge is -2.22. The number of hydrogen-bond donors (Lipinski definition) is 1. The first kappa shape index (κ1) is 16.1. The smallest absolute Gasteiger partial charge is 0.323 e. The second-order valence-corrected chi connectivity index (χ2v) is 6.11. The number of carbonyl (C=O) groups is 1. The summed E-state index contributed by atoms with van der Waals surface area (Å²) in [4.78, 5) is 20.5. The van der Waals surface area contributed by atoms with Crippen LogP contribution in [0.5, 0.6) is 0 Å². The quantitative estimate of drug-likeness (QED) is 0.877. The maximum atomic E-state index is 11.9. The second kappa shape index (κ2) is 6.66. The van der Waals surface area contributed by atoms with Crippen molar-refractivity contribution in [1.82, 2.24) is 9.97 Å². The molecule has 0 aliphatic carbocycles. The van der Waals surface area contributed by atoms with E-state index in [-0.39, 0.29) is 0 Å². The molecule has 2 N–H and O–H groups in total. The van der Waals surface area contributed by atoms with Crippen LogP contribution in [-0.2, 0) is 16.0 Å². The third-order valence-electron chi connectivity index (χ3n) is 2.92. The Hall–Kier alpha value is -2.27. The lowest BCUT2D eigenvalue weighted by molar-refractivity contribution is -0.156. The fourth-order valence-corrected chi connectivity index (χ4v) is 1.93. The summed E-state index contributed by atoms with van der Waals surface area (Å²) in [6.45, 7) is 5.46. The Morgan fingerprint density at radius 1 is 1.18 bits per heavy atom. The Bertz CT molecular complexity index is 619. The van der Waals surface area contributed by atoms with Gasteiger partial charge in [-0.25, -0.2) is 0 Å². The van der Waals surface area contributed by atoms with Gasteiger partial charge in [0.15, 0.2) is 0 Å². The maximum absolute atomic E-state index is 11.9. The summed E-state index contributed by atoms with van der Waals surface area (Å²) >= 11 is 0. The molecule has 0 bridgehead atoms. The molecule has 5 heteroatoms. The molecule has 0 saturated carbocycles. The summed E-state index contributed by atoms with van der Waals surface area (Å²) in [7, 11) is 0. The number of pyridine rings is 2. The van der Waals surface area contributed by atoms with Crippen molar-refractivity contribution < 1.29 is 9.53 Å². The van der Waals surface area contributed by atoms with E-state index in [1.165, 1.54) is 0 Å². The van der Waals surface area contributed by atoms with Gasteiger partial charge in [-0.15, -0.1) is 0 Å². The predicted octanol–water partition coefficient (Wildman–Crippen LogP) is 2.36. The van der Waals surface area contributed by atoms with Crippen molar-refractivity contribution in [3.8, 4) is 11.4 Å². The first-order valence-electron chi connectivity index (χ1n) is 7.20. The number of nitrogens with zero attached hydrogens (tertiary/aromatic N) is 2. The van der Waals surface area contributed by atoms with E-state index in [0.717, 1.165) is 17.0 Å². The third kappa shape index (κ3) is 4.63. The van der Waals surface area contributed by atoms with E-state index in [1.54, 1.807) is 12.4 Å². The Balaban J connectivity index is 2.01. The van der Waals surface area contributed by atoms with Gasteiger partial charge in [-0.2, -0.15) is 0 Å². The molecule has 0 aliphatic heterocycles. The van der Waals surface area contributed by atoms with Crippen molar-refractivity contribution in [3.05, 3.63) is 48.3 Å². The first-order chi connectivity index (χ1) is 10.3. The van der Waals surface area contributed by atoms with Crippen LogP contribution in [0.2, 0.25) is 0 Å². The van der Waals surface area contributed by atoms with Crippen molar-refractivity contribution >= 4 is 5.97 Å². The molecule has 2 aromatic rings. The van der Waals surface area contributed by atoms with Crippen LogP contribution in [0.1, 0.15) is 26.3 Å². The molecular formula is C17H21N3O2. The minimum absolute atomic E-state index is 0.393. The van der Waals surface area contributed by atoms with Crippen LogP contribution >= 0.6 is 0 Å². The number of ether oxygens (including phenoxy) is 1. The highest BCUT2D eigenvalue weighted by Crippen LogP contribution is 2.15. The third-order valence-corrected chi connectivity index (χ3v) is 2.92. The molecule has 0 aromatic carbocycles. The van der Waals surface area contributed by atoms with Crippen LogP contribution < -0.4 is 5.73 Å². The van der Waals surface area contributed by atoms with Gasteiger partial charge in [0.05, 0.1) is 11.4 Å². The molecule has 116 valence electrons. The Labute approximate surface area is 130 Å². The minimum Gasteiger partial charge on any atom is -0.459 e. The summed E-state index contributed by atoms with van der Waals surface area (Å²) in [6.07, 6.45) is 3.84. The SMILES string of the molecule is CC(C)(C)OC(=O)[C@@H](N)Cc1ccc(-c2ccccn2)nc1. The number of carbonyl (C=O) groups excluding carboxylic acids is 1. The Kier molecular flexibility index (Phi) is 4.88. The molecule has 2 heterocycles. The molecule has 2 aromatic heterocycles. The highest BCUT2D eigenvalue weighted by atomic mass is 16.6. The van der Waals surface area contributed by atoms with Crippen LogP contribution in [0.3, 0.4) is 0 Å². The minimum atomic E-state index is -0.693. The van der Waals surface area contributed by atoms with Crippen LogP contribution in [0.15, 0.2) is 42.7 Å². The summed E-state index contributed by atoms with van der Waals surface area (Å²) in [5.74, 6) is -0.402. The van der Waals surface area contributed by atoms with Crippen molar-refractivity contribution in [2.24, 2.45) is 5.73 Å². The monoisotopic (exact) mass is 299 g/mol. The van der Waals surface area contributed by atoms with E-state index in [4.69, 9.17) is 10.5 Å². The molecule has 2 rings (SSSR count). The summed E-state index contributed by atoms with van der Waals surface area (Å²) < 4.78 is 5.27. The predicted molar refractivity (Wildman–Crippen MR) is 85.0 cm³/mol. The molecule has 0 unspecified atom stereocenters. The van der Waals surface area contributed by atoms with Gasteiger partial charge in [-0.05, 0) is 51.0 Å². The number of hydrogen-bond acceptors (Lipinski definition) is 5. The van der Waals surface area contributed by atoms with Gasteiger partial charge >= 0.3 is 5.97 Å². The summed E-state index contributed by atoms with van der Waals surface area (Å²) in [5.41, 5.74) is 7.84. The van der Waals surface area contributed by atoms with E-state index < -0.39 is 17.6 Å². The molecular weight excluding hydrogens is 278 g/mol. The van der Waals surface area contributed by atoms with Gasteiger partial charge in [0.25, 0.3) is 0 Å². The fraction of sp³-hybridized carbons (Fsp3) is 0.353. The van der Waals surface area contributed by atoms with Crippen LogP contribution in [0.25, 0.3) is 11.4 Å². The van der Waals surface area contributed by atoms with E-state index in [2.05, 4.69) is 9.97 Å². The van der Waals surface area contributed by atoms with Gasteiger partial charge in [0.2, 0.25) is 0 Å². The van der Waals surface area contributed by atoms with Crippen molar-refractivity contribution in [1.29, 1.82) is 0 Å². The van der Waals surface area contributed by atoms with Crippen LogP contribution in [0.4, 0.5) is 0 Å². The molecule has 0 amide bonds. The Morgan fingerprint density at radius 3 is 2.45 bits per heavy atom. The topological polar surface area (TPSA) is 78.1 Å². The van der Waals surface area contributed by atoms with Gasteiger partial charge in [0, 0.05) is 12.4 Å². The lowest BCUT2D eigenvalue weighted by atomic mass is 10.1. The molecule has 0 aliphatic rings. The molecule has 0 radical (unpaired) electrons. The highest BCUT2D eigenvalue weighted by Gasteiger charge is 2.22. The van der Waals surface area contributed by atoms with Gasteiger partial charge in [0.1, 0.15) is 11.6 Å². The molecule has 0 saturated heterocycles. The molecule has 5 nitrogen and oxygen atoms in total. The average Bonchev–Trinajstić information content (AvgIpc) is 2.47. The van der Waals surface area contributed by atoms with Crippen molar-refractivity contribution in [3.63, 3.8) is 0 Å². The summed E-state index contributed by atoms with van der Waals surface area (Å²) in [5, 5.41) is 0. The molecule has 1 atom stereocenters. The van der Waals surface area contributed by atoms with Gasteiger partial charge < -0.3 is 10.5 Å². The van der Waals surface area contributed by atoms with Crippen molar-refractivity contribution in [2.75, 3.05) is 0 Å². The van der Waals surface area contributed by atoms with Crippen LogP contribution in [0, 0.1) is 0 Å². The first-order valence-corrected chi connectivity index (χ1v) is 7.20. The second-order valence-electron chi connectivity index (χ2n) is 6.11. The van der Waals surface area contributed by atoms with E-state index >= 15 is 0 Å². The zero-order valence-electron chi connectivity index (χ0n) is 13.1. The number of rotatable bonds is 4. The van der Waals surface area contributed by atoms with Gasteiger partial charge in [-0.1, -0.05) is 12.1 Å². The summed E-state index contributed by atoms with van der Waals surface area (Å²) in [6, 6.07) is 8.75. The highest BCUT2D eigenvalue weighted by molar-refractivity contribution is 5.76. The average molecular weight is 299 g/mol. The number of aromatic nitrogens is 2. The maximum Gasteiger partial charge on any atom is 0.323 e. The van der Waals surface area contributed by atoms with Crippen molar-refractivity contribution in [2.45, 2.75) is 38.8 Å². The van der Waals surface area contributed by atoms with E-state index in [1.807, 2.05) is 51.1 Å². The number of esters is 1. The zero-order chi connectivity index (χ0) is 16.2. The standard InChI is InChI=1S/C17H21N3O2/c1-17(2,3)22-16(21)13(18)10-12-7-8-15(20-11-12)14-6-4-5-9-19-14/h4-9,11,13H,10,18H2,1-3H3/t13-/m0/s1. The van der Waals surface area contributed by atoms with E-state index in [0.29, 0.717) is 6.42 Å². The lowest BCUT2D eigenvalue weighted by Crippen LogP contribution is -2.38. The van der Waals surface area contributed by atoms with E-state index in [9.17, 15) is 4.79 Å². The number of nitrogens with two attached hydrogens (primary N) is 1. The zero-order valence-corrected chi connectivity index (χ0v) is 13.1. The largest absolute Gasteiger partial charge is 0.459 e. The normalized spacial score (nSPS) is 12.7.